The summed E-state index contributed by atoms with van der Waals surface area (Å²) in [6.45, 7) is 8.26. The number of rotatable bonds is 4. The lowest BCUT2D eigenvalue weighted by Gasteiger charge is -2.08. The Balaban J connectivity index is 1.82. The van der Waals surface area contributed by atoms with E-state index in [1.807, 2.05) is 55.5 Å². The lowest BCUT2D eigenvalue weighted by molar-refractivity contribution is 0.103. The lowest BCUT2D eigenvalue weighted by Crippen LogP contribution is -2.01. The van der Waals surface area contributed by atoms with E-state index in [0.29, 0.717) is 11.1 Å². The number of aryl methyl sites for hydroxylation is 2. The van der Waals surface area contributed by atoms with Crippen LogP contribution in [0.3, 0.4) is 0 Å². The van der Waals surface area contributed by atoms with E-state index in [2.05, 4.69) is 37.8 Å². The number of hydrogen-bond donors (Lipinski definition) is 0. The average molecular weight is 312 g/mol. The van der Waals surface area contributed by atoms with Crippen LogP contribution in [-0.2, 0) is 0 Å². The molecule has 0 aliphatic heterocycles. The highest BCUT2D eigenvalue weighted by atomic mass is 16.1. The maximum Gasteiger partial charge on any atom is 0.193 e. The van der Waals surface area contributed by atoms with Crippen LogP contribution in [0.2, 0.25) is 0 Å². The third-order valence-electron chi connectivity index (χ3n) is 4.21. The second kappa shape index (κ2) is 6.67. The first-order valence-corrected chi connectivity index (χ1v) is 8.02. The van der Waals surface area contributed by atoms with Crippen molar-refractivity contribution in [1.29, 1.82) is 0 Å². The molecule has 0 saturated carbocycles. The fraction of sp³-hybridized carbons (Fsp3) is 0.0870. The molecule has 1 nitrogen and oxygen atoms in total. The van der Waals surface area contributed by atoms with E-state index in [4.69, 9.17) is 0 Å². The molecule has 0 atom stereocenters. The van der Waals surface area contributed by atoms with Crippen LogP contribution in [0.4, 0.5) is 0 Å². The first-order valence-electron chi connectivity index (χ1n) is 8.02. The van der Waals surface area contributed by atoms with E-state index < -0.39 is 0 Å². The first-order chi connectivity index (χ1) is 11.5. The highest BCUT2D eigenvalue weighted by molar-refractivity contribution is 6.09. The Hall–Kier alpha value is -2.93. The number of carbonyl (C=O) groups is 1. The van der Waals surface area contributed by atoms with E-state index in [-0.39, 0.29) is 5.78 Å². The van der Waals surface area contributed by atoms with Crippen molar-refractivity contribution < 1.29 is 4.79 Å². The summed E-state index contributed by atoms with van der Waals surface area (Å²) in [6, 6.07) is 23.6. The molecular formula is C23H20O. The molecule has 3 rings (SSSR count). The summed E-state index contributed by atoms with van der Waals surface area (Å²) in [5.74, 6) is 0.0440. The summed E-state index contributed by atoms with van der Waals surface area (Å²) in [6.07, 6.45) is 0. The molecule has 0 saturated heterocycles. The van der Waals surface area contributed by atoms with Gasteiger partial charge in [-0.25, -0.2) is 0 Å². The van der Waals surface area contributed by atoms with Crippen LogP contribution < -0.4 is 0 Å². The van der Waals surface area contributed by atoms with Crippen molar-refractivity contribution in [3.63, 3.8) is 0 Å². The first kappa shape index (κ1) is 15.9. The molecule has 0 heterocycles. The Kier molecular flexibility index (Phi) is 4.43. The zero-order valence-electron chi connectivity index (χ0n) is 14.0. The Bertz CT molecular complexity index is 790. The predicted molar refractivity (Wildman–Crippen MR) is 100 cm³/mol. The lowest BCUT2D eigenvalue weighted by atomic mass is 9.96. The Labute approximate surface area is 143 Å². The van der Waals surface area contributed by atoms with Crippen LogP contribution in [0.15, 0.2) is 79.4 Å². The fourth-order valence-electron chi connectivity index (χ4n) is 2.62. The van der Waals surface area contributed by atoms with Gasteiger partial charge in [-0.2, -0.15) is 0 Å². The molecule has 0 bridgehead atoms. The Morgan fingerprint density at radius 2 is 0.875 bits per heavy atom. The maximum absolute atomic E-state index is 12.5. The van der Waals surface area contributed by atoms with Gasteiger partial charge in [-0.1, -0.05) is 90.5 Å². The summed E-state index contributed by atoms with van der Waals surface area (Å²) in [5, 5.41) is 0. The van der Waals surface area contributed by atoms with Crippen LogP contribution in [0.25, 0.3) is 5.57 Å². The van der Waals surface area contributed by atoms with Crippen molar-refractivity contribution in [2.24, 2.45) is 0 Å². The maximum atomic E-state index is 12.5. The normalized spacial score (nSPS) is 10.4. The minimum absolute atomic E-state index is 0.0440. The van der Waals surface area contributed by atoms with E-state index in [1.54, 1.807) is 0 Å². The highest BCUT2D eigenvalue weighted by Crippen LogP contribution is 2.23. The van der Waals surface area contributed by atoms with Crippen molar-refractivity contribution in [3.8, 4) is 0 Å². The second-order valence-corrected chi connectivity index (χ2v) is 6.12. The molecular weight excluding hydrogens is 292 g/mol. The average Bonchev–Trinajstić information content (AvgIpc) is 2.62. The summed E-state index contributed by atoms with van der Waals surface area (Å²) in [5.41, 5.74) is 6.87. The van der Waals surface area contributed by atoms with Gasteiger partial charge in [0.2, 0.25) is 0 Å². The van der Waals surface area contributed by atoms with Crippen LogP contribution in [0, 0.1) is 13.8 Å². The SMILES string of the molecule is C=C(c1ccc(C)cc1)c1ccc(C(=O)c2ccc(C)cc2)cc1. The van der Waals surface area contributed by atoms with E-state index in [0.717, 1.165) is 22.3 Å². The molecule has 3 aromatic carbocycles. The van der Waals surface area contributed by atoms with Crippen molar-refractivity contribution in [3.05, 3.63) is 113 Å². The predicted octanol–water partition coefficient (Wildman–Crippen LogP) is 5.60. The van der Waals surface area contributed by atoms with Gasteiger partial charge in [0.05, 0.1) is 0 Å². The van der Waals surface area contributed by atoms with Gasteiger partial charge in [0.15, 0.2) is 5.78 Å². The van der Waals surface area contributed by atoms with Crippen molar-refractivity contribution in [2.75, 3.05) is 0 Å². The smallest absolute Gasteiger partial charge is 0.193 e. The van der Waals surface area contributed by atoms with E-state index in [9.17, 15) is 4.79 Å². The van der Waals surface area contributed by atoms with Gasteiger partial charge in [-0.05, 0) is 30.5 Å². The monoisotopic (exact) mass is 312 g/mol. The molecule has 0 aromatic heterocycles. The topological polar surface area (TPSA) is 17.1 Å². The molecule has 0 aliphatic carbocycles. The minimum atomic E-state index is 0.0440. The summed E-state index contributed by atoms with van der Waals surface area (Å²) < 4.78 is 0. The number of benzene rings is 3. The summed E-state index contributed by atoms with van der Waals surface area (Å²) >= 11 is 0. The molecule has 0 amide bonds. The molecule has 3 aromatic rings. The number of carbonyl (C=O) groups excluding carboxylic acids is 1. The molecule has 1 heteroatoms. The molecule has 118 valence electrons. The van der Waals surface area contributed by atoms with Crippen LogP contribution in [0.1, 0.15) is 38.2 Å². The van der Waals surface area contributed by atoms with Crippen LogP contribution in [-0.4, -0.2) is 5.78 Å². The van der Waals surface area contributed by atoms with Gasteiger partial charge in [0.1, 0.15) is 0 Å². The molecule has 0 radical (unpaired) electrons. The van der Waals surface area contributed by atoms with Gasteiger partial charge in [-0.3, -0.25) is 4.79 Å². The van der Waals surface area contributed by atoms with Gasteiger partial charge in [0.25, 0.3) is 0 Å². The van der Waals surface area contributed by atoms with E-state index >= 15 is 0 Å². The fourth-order valence-corrected chi connectivity index (χ4v) is 2.62. The Morgan fingerprint density at radius 3 is 1.29 bits per heavy atom. The summed E-state index contributed by atoms with van der Waals surface area (Å²) in [4.78, 5) is 12.5. The zero-order chi connectivity index (χ0) is 17.1. The minimum Gasteiger partial charge on any atom is -0.289 e. The third kappa shape index (κ3) is 3.36. The van der Waals surface area contributed by atoms with Gasteiger partial charge < -0.3 is 0 Å². The van der Waals surface area contributed by atoms with Crippen molar-refractivity contribution in [2.45, 2.75) is 13.8 Å². The molecule has 0 N–H and O–H groups in total. The summed E-state index contributed by atoms with van der Waals surface area (Å²) in [7, 11) is 0. The highest BCUT2D eigenvalue weighted by Gasteiger charge is 2.09. The number of hydrogen-bond acceptors (Lipinski definition) is 1. The van der Waals surface area contributed by atoms with Crippen LogP contribution in [0.5, 0.6) is 0 Å². The molecule has 0 aliphatic rings. The quantitative estimate of drug-likeness (QED) is 0.573. The Morgan fingerprint density at radius 1 is 0.583 bits per heavy atom. The third-order valence-corrected chi connectivity index (χ3v) is 4.21. The zero-order valence-corrected chi connectivity index (χ0v) is 14.0. The van der Waals surface area contributed by atoms with Crippen molar-refractivity contribution >= 4 is 11.4 Å². The second-order valence-electron chi connectivity index (χ2n) is 6.12. The molecule has 0 unspecified atom stereocenters. The van der Waals surface area contributed by atoms with Gasteiger partial charge >= 0.3 is 0 Å². The molecule has 0 spiro atoms. The van der Waals surface area contributed by atoms with Gasteiger partial charge in [-0.15, -0.1) is 0 Å². The molecule has 24 heavy (non-hydrogen) atoms. The van der Waals surface area contributed by atoms with E-state index in [1.165, 1.54) is 5.56 Å². The largest absolute Gasteiger partial charge is 0.289 e. The molecule has 0 fully saturated rings. The van der Waals surface area contributed by atoms with Crippen molar-refractivity contribution in [1.82, 2.24) is 0 Å². The standard InChI is InChI=1S/C23H20O/c1-16-4-8-19(9-5-16)18(3)20-12-14-22(15-13-20)23(24)21-10-6-17(2)7-11-21/h4-15H,3H2,1-2H3. The van der Waals surface area contributed by atoms with Gasteiger partial charge in [0, 0.05) is 11.1 Å². The van der Waals surface area contributed by atoms with Crippen LogP contribution >= 0.6 is 0 Å². The number of ketones is 1.